The minimum absolute atomic E-state index is 0.0754. The molecule has 0 saturated heterocycles. The number of nitrogens with zero attached hydrogens (tertiary/aromatic N) is 1. The molecule has 0 fully saturated rings. The molecule has 0 aliphatic carbocycles. The molecule has 0 bridgehead atoms. The molecule has 1 amide bonds. The molecule has 0 spiro atoms. The van der Waals surface area contributed by atoms with E-state index in [1.807, 2.05) is 6.92 Å². The van der Waals surface area contributed by atoms with Gasteiger partial charge in [0, 0.05) is 23.1 Å². The standard InChI is InChI=1S/C13H10ClFN2O/c1-8-6-10(4-5-16-8)17-13(18)9-2-3-12(15)11(14)7-9/h2-7H,1H3,(H,16,17,18). The highest BCUT2D eigenvalue weighted by Crippen LogP contribution is 2.17. The smallest absolute Gasteiger partial charge is 0.255 e. The van der Waals surface area contributed by atoms with Crippen molar-refractivity contribution in [2.75, 3.05) is 5.32 Å². The summed E-state index contributed by atoms with van der Waals surface area (Å²) in [6.07, 6.45) is 1.60. The molecular formula is C13H10ClFN2O. The largest absolute Gasteiger partial charge is 0.322 e. The number of aryl methyl sites for hydroxylation is 1. The quantitative estimate of drug-likeness (QED) is 0.903. The highest BCUT2D eigenvalue weighted by molar-refractivity contribution is 6.31. The maximum Gasteiger partial charge on any atom is 0.255 e. The third-order valence-electron chi connectivity index (χ3n) is 2.34. The van der Waals surface area contributed by atoms with E-state index < -0.39 is 5.82 Å². The van der Waals surface area contributed by atoms with Gasteiger partial charge in [0.15, 0.2) is 0 Å². The van der Waals surface area contributed by atoms with Crippen LogP contribution in [0.5, 0.6) is 0 Å². The molecule has 0 aliphatic heterocycles. The molecule has 0 radical (unpaired) electrons. The third kappa shape index (κ3) is 2.84. The normalized spacial score (nSPS) is 10.2. The number of rotatable bonds is 2. The Bertz CT molecular complexity index is 601. The average molecular weight is 265 g/mol. The van der Waals surface area contributed by atoms with E-state index in [-0.39, 0.29) is 10.9 Å². The van der Waals surface area contributed by atoms with Gasteiger partial charge in [0.05, 0.1) is 5.02 Å². The molecule has 0 saturated carbocycles. The first-order chi connectivity index (χ1) is 8.56. The number of halogens is 2. The Kier molecular flexibility index (Phi) is 3.58. The van der Waals surface area contributed by atoms with E-state index in [1.165, 1.54) is 12.1 Å². The molecule has 0 unspecified atom stereocenters. The summed E-state index contributed by atoms with van der Waals surface area (Å²) in [5, 5.41) is 2.61. The Balaban J connectivity index is 2.19. The molecule has 1 aromatic heterocycles. The Morgan fingerprint density at radius 3 is 2.78 bits per heavy atom. The van der Waals surface area contributed by atoms with Crippen LogP contribution in [0.1, 0.15) is 16.1 Å². The molecule has 1 heterocycles. The minimum Gasteiger partial charge on any atom is -0.322 e. The summed E-state index contributed by atoms with van der Waals surface area (Å²) < 4.78 is 13.0. The molecular weight excluding hydrogens is 255 g/mol. The molecule has 1 aromatic carbocycles. The second-order valence-corrected chi connectivity index (χ2v) is 4.18. The fourth-order valence-corrected chi connectivity index (χ4v) is 1.64. The first-order valence-corrected chi connectivity index (χ1v) is 5.63. The van der Waals surface area contributed by atoms with Crippen molar-refractivity contribution in [3.8, 4) is 0 Å². The minimum atomic E-state index is -0.548. The van der Waals surface area contributed by atoms with E-state index in [0.29, 0.717) is 11.3 Å². The van der Waals surface area contributed by atoms with Gasteiger partial charge in [-0.05, 0) is 37.3 Å². The molecule has 3 nitrogen and oxygen atoms in total. The van der Waals surface area contributed by atoms with E-state index in [4.69, 9.17) is 11.6 Å². The number of nitrogens with one attached hydrogen (secondary N) is 1. The average Bonchev–Trinajstić information content (AvgIpc) is 2.32. The summed E-state index contributed by atoms with van der Waals surface area (Å²) in [7, 11) is 0. The molecule has 92 valence electrons. The van der Waals surface area contributed by atoms with E-state index in [9.17, 15) is 9.18 Å². The number of amides is 1. The van der Waals surface area contributed by atoms with Gasteiger partial charge in [0.25, 0.3) is 5.91 Å². The van der Waals surface area contributed by atoms with Gasteiger partial charge in [-0.3, -0.25) is 9.78 Å². The van der Waals surface area contributed by atoms with Crippen LogP contribution in [0, 0.1) is 12.7 Å². The predicted molar refractivity (Wildman–Crippen MR) is 68.3 cm³/mol. The number of pyridine rings is 1. The molecule has 0 atom stereocenters. The monoisotopic (exact) mass is 264 g/mol. The Morgan fingerprint density at radius 1 is 1.33 bits per heavy atom. The fraction of sp³-hybridized carbons (Fsp3) is 0.0769. The Hall–Kier alpha value is -1.94. The van der Waals surface area contributed by atoms with E-state index in [0.717, 1.165) is 11.8 Å². The lowest BCUT2D eigenvalue weighted by molar-refractivity contribution is 0.102. The van der Waals surface area contributed by atoms with Gasteiger partial charge in [-0.25, -0.2) is 4.39 Å². The van der Waals surface area contributed by atoms with Gasteiger partial charge in [-0.2, -0.15) is 0 Å². The van der Waals surface area contributed by atoms with Crippen LogP contribution < -0.4 is 5.32 Å². The van der Waals surface area contributed by atoms with Crippen LogP contribution in [0.15, 0.2) is 36.5 Å². The number of carbonyl (C=O) groups excluding carboxylic acids is 1. The first-order valence-electron chi connectivity index (χ1n) is 5.25. The highest BCUT2D eigenvalue weighted by atomic mass is 35.5. The summed E-state index contributed by atoms with van der Waals surface area (Å²) >= 11 is 5.62. The van der Waals surface area contributed by atoms with Crippen molar-refractivity contribution in [1.82, 2.24) is 4.98 Å². The highest BCUT2D eigenvalue weighted by Gasteiger charge is 2.09. The van der Waals surface area contributed by atoms with Gasteiger partial charge in [0.2, 0.25) is 0 Å². The number of aromatic nitrogens is 1. The number of hydrogen-bond acceptors (Lipinski definition) is 2. The maximum absolute atomic E-state index is 13.0. The summed E-state index contributed by atoms with van der Waals surface area (Å²) in [5.74, 6) is -0.893. The lowest BCUT2D eigenvalue weighted by Gasteiger charge is -2.06. The van der Waals surface area contributed by atoms with Gasteiger partial charge in [-0.15, -0.1) is 0 Å². The third-order valence-corrected chi connectivity index (χ3v) is 2.63. The number of hydrogen-bond donors (Lipinski definition) is 1. The molecule has 18 heavy (non-hydrogen) atoms. The summed E-state index contributed by atoms with van der Waals surface area (Å²) in [6, 6.07) is 7.25. The SMILES string of the molecule is Cc1cc(NC(=O)c2ccc(F)c(Cl)c2)ccn1. The second-order valence-electron chi connectivity index (χ2n) is 3.77. The zero-order chi connectivity index (χ0) is 13.1. The van der Waals surface area contributed by atoms with Crippen LogP contribution in [0.3, 0.4) is 0 Å². The van der Waals surface area contributed by atoms with Crippen molar-refractivity contribution >= 4 is 23.2 Å². The van der Waals surface area contributed by atoms with E-state index >= 15 is 0 Å². The molecule has 2 rings (SSSR count). The molecule has 2 aromatic rings. The van der Waals surface area contributed by atoms with Gasteiger partial charge in [0.1, 0.15) is 5.82 Å². The van der Waals surface area contributed by atoms with Crippen molar-refractivity contribution in [1.29, 1.82) is 0 Å². The van der Waals surface area contributed by atoms with Crippen molar-refractivity contribution in [3.05, 3.63) is 58.6 Å². The van der Waals surface area contributed by atoms with Crippen molar-refractivity contribution < 1.29 is 9.18 Å². The van der Waals surface area contributed by atoms with E-state index in [2.05, 4.69) is 10.3 Å². The van der Waals surface area contributed by atoms with Crippen LogP contribution in [-0.2, 0) is 0 Å². The Morgan fingerprint density at radius 2 is 2.11 bits per heavy atom. The van der Waals surface area contributed by atoms with E-state index in [1.54, 1.807) is 18.3 Å². The number of carbonyl (C=O) groups is 1. The second kappa shape index (κ2) is 5.14. The summed E-state index contributed by atoms with van der Waals surface area (Å²) in [5.41, 5.74) is 1.73. The zero-order valence-corrected chi connectivity index (χ0v) is 10.3. The van der Waals surface area contributed by atoms with Crippen molar-refractivity contribution in [2.24, 2.45) is 0 Å². The van der Waals surface area contributed by atoms with Crippen molar-refractivity contribution in [2.45, 2.75) is 6.92 Å². The predicted octanol–water partition coefficient (Wildman–Crippen LogP) is 3.43. The van der Waals surface area contributed by atoms with Crippen LogP contribution in [0.4, 0.5) is 10.1 Å². The summed E-state index contributed by atoms with van der Waals surface area (Å²) in [4.78, 5) is 15.9. The molecule has 0 aliphatic rings. The lowest BCUT2D eigenvalue weighted by Crippen LogP contribution is -2.12. The number of benzene rings is 1. The fourth-order valence-electron chi connectivity index (χ4n) is 1.46. The molecule has 5 heteroatoms. The van der Waals surface area contributed by atoms with Crippen LogP contribution in [0.25, 0.3) is 0 Å². The van der Waals surface area contributed by atoms with Gasteiger partial charge in [-0.1, -0.05) is 11.6 Å². The van der Waals surface area contributed by atoms with Crippen LogP contribution in [-0.4, -0.2) is 10.9 Å². The maximum atomic E-state index is 13.0. The van der Waals surface area contributed by atoms with Crippen molar-refractivity contribution in [3.63, 3.8) is 0 Å². The molecule has 1 N–H and O–H groups in total. The lowest BCUT2D eigenvalue weighted by atomic mass is 10.2. The van der Waals surface area contributed by atoms with Crippen LogP contribution in [0.2, 0.25) is 5.02 Å². The van der Waals surface area contributed by atoms with Crippen LogP contribution >= 0.6 is 11.6 Å². The topological polar surface area (TPSA) is 42.0 Å². The van der Waals surface area contributed by atoms with Gasteiger partial charge < -0.3 is 5.32 Å². The van der Waals surface area contributed by atoms with Gasteiger partial charge >= 0.3 is 0 Å². The number of anilines is 1. The first kappa shape index (κ1) is 12.5. The zero-order valence-electron chi connectivity index (χ0n) is 9.58. The summed E-state index contributed by atoms with van der Waals surface area (Å²) in [6.45, 7) is 1.82. The Labute approximate surface area is 109 Å².